The zero-order chi connectivity index (χ0) is 29.5. The maximum atomic E-state index is 14.4. The third-order valence-electron chi connectivity index (χ3n) is 6.63. The summed E-state index contributed by atoms with van der Waals surface area (Å²) in [7, 11) is 0. The number of carbonyl (C=O) groups excluding carboxylic acids is 1. The van der Waals surface area contributed by atoms with Crippen molar-refractivity contribution in [2.75, 3.05) is 13.2 Å². The number of hydrogen-bond acceptors (Lipinski definition) is 5. The van der Waals surface area contributed by atoms with Gasteiger partial charge in [-0.15, -0.1) is 0 Å². The van der Waals surface area contributed by atoms with Gasteiger partial charge >= 0.3 is 12.1 Å². The van der Waals surface area contributed by atoms with Crippen LogP contribution in [0.15, 0.2) is 54.6 Å². The highest BCUT2D eigenvalue weighted by molar-refractivity contribution is 5.97. The number of carbonyl (C=O) groups is 2. The van der Waals surface area contributed by atoms with Crippen LogP contribution in [0.2, 0.25) is 0 Å². The number of nitrogens with zero attached hydrogens (tertiary/aromatic N) is 1. The highest BCUT2D eigenvalue weighted by atomic mass is 19.4. The number of alkyl halides is 3. The van der Waals surface area contributed by atoms with Gasteiger partial charge in [-0.3, -0.25) is 9.78 Å². The Bertz CT molecular complexity index is 1670. The van der Waals surface area contributed by atoms with E-state index in [4.69, 9.17) is 9.47 Å². The molecule has 1 aliphatic heterocycles. The van der Waals surface area contributed by atoms with Crippen molar-refractivity contribution >= 4 is 22.6 Å². The van der Waals surface area contributed by atoms with E-state index in [1.807, 2.05) is 0 Å². The maximum Gasteiger partial charge on any atom is 0.419 e. The normalized spacial score (nSPS) is 13.6. The van der Waals surface area contributed by atoms with Gasteiger partial charge in [-0.05, 0) is 30.5 Å². The number of nitrogens with one attached hydrogen (secondary N) is 1. The zero-order valence-electron chi connectivity index (χ0n) is 21.3. The lowest BCUT2D eigenvalue weighted by molar-refractivity contribution is -0.139. The standard InChI is InChI=1S/C29H21F5N2O5/c1-14-16-5-2-3-6-17(16)23(29(32,33)34)24(35-14)18-10-9-15(25-26(18)41-12-11-40-25)13-21(28(38)39)36-27(37)22-19(30)7-4-8-20(22)31/h2-10,21H,11-13H2,1H3,(H,36,37)(H,38,39). The van der Waals surface area contributed by atoms with Crippen LogP contribution in [0.4, 0.5) is 22.0 Å². The Kier molecular flexibility index (Phi) is 7.24. The van der Waals surface area contributed by atoms with Crippen LogP contribution in [0.25, 0.3) is 22.0 Å². The SMILES string of the molecule is Cc1nc(-c2ccc(CC(NC(=O)c3c(F)cccc3F)C(=O)O)c3c2OCCO3)c(C(F)(F)F)c2ccccc12. The van der Waals surface area contributed by atoms with Gasteiger partial charge in [0, 0.05) is 28.6 Å². The van der Waals surface area contributed by atoms with Gasteiger partial charge in [0.25, 0.3) is 5.91 Å². The van der Waals surface area contributed by atoms with Gasteiger partial charge in [0.2, 0.25) is 0 Å². The molecule has 41 heavy (non-hydrogen) atoms. The Morgan fingerprint density at radius 2 is 1.59 bits per heavy atom. The van der Waals surface area contributed by atoms with Gasteiger partial charge in [0.15, 0.2) is 11.5 Å². The third-order valence-corrected chi connectivity index (χ3v) is 6.63. The molecule has 0 spiro atoms. The number of halogens is 5. The lowest BCUT2D eigenvalue weighted by Gasteiger charge is -2.26. The van der Waals surface area contributed by atoms with Gasteiger partial charge in [0.05, 0.1) is 11.3 Å². The molecule has 1 amide bonds. The van der Waals surface area contributed by atoms with Crippen molar-refractivity contribution in [3.8, 4) is 22.8 Å². The molecule has 12 heteroatoms. The molecule has 1 atom stereocenters. The molecule has 1 unspecified atom stereocenters. The maximum absolute atomic E-state index is 14.4. The number of carboxylic acid groups (broad SMARTS) is 1. The average molecular weight is 572 g/mol. The Morgan fingerprint density at radius 1 is 0.951 bits per heavy atom. The highest BCUT2D eigenvalue weighted by Crippen LogP contribution is 2.48. The summed E-state index contributed by atoms with van der Waals surface area (Å²) < 4.78 is 82.8. The Hall–Kier alpha value is -4.74. The van der Waals surface area contributed by atoms with Crippen LogP contribution >= 0.6 is 0 Å². The van der Waals surface area contributed by atoms with Crippen molar-refractivity contribution < 1.29 is 46.1 Å². The summed E-state index contributed by atoms with van der Waals surface area (Å²) in [5.74, 6) is -5.26. The molecule has 0 fully saturated rings. The lowest BCUT2D eigenvalue weighted by atomic mass is 9.94. The first-order valence-corrected chi connectivity index (χ1v) is 12.3. The number of ether oxygens (including phenoxy) is 2. The van der Waals surface area contributed by atoms with E-state index in [1.165, 1.54) is 24.3 Å². The minimum Gasteiger partial charge on any atom is -0.486 e. The van der Waals surface area contributed by atoms with Crippen molar-refractivity contribution in [2.24, 2.45) is 0 Å². The third kappa shape index (κ3) is 5.24. The van der Waals surface area contributed by atoms with Crippen molar-refractivity contribution in [3.63, 3.8) is 0 Å². The molecule has 7 nitrogen and oxygen atoms in total. The van der Waals surface area contributed by atoms with Crippen LogP contribution in [0.1, 0.15) is 27.2 Å². The summed E-state index contributed by atoms with van der Waals surface area (Å²) in [4.78, 5) is 28.8. The van der Waals surface area contributed by atoms with Gasteiger partial charge in [-0.1, -0.05) is 36.4 Å². The summed E-state index contributed by atoms with van der Waals surface area (Å²) in [5, 5.41) is 12.1. The zero-order valence-corrected chi connectivity index (χ0v) is 21.3. The second-order valence-electron chi connectivity index (χ2n) is 9.26. The number of pyridine rings is 1. The summed E-state index contributed by atoms with van der Waals surface area (Å²) in [6.45, 7) is 1.61. The van der Waals surface area contributed by atoms with E-state index in [2.05, 4.69) is 10.3 Å². The molecular weight excluding hydrogens is 551 g/mol. The molecule has 2 N–H and O–H groups in total. The molecule has 4 aromatic rings. The highest BCUT2D eigenvalue weighted by Gasteiger charge is 2.39. The number of aromatic nitrogens is 1. The number of aliphatic carboxylic acids is 1. The van der Waals surface area contributed by atoms with Crippen LogP contribution in [-0.2, 0) is 17.4 Å². The molecule has 0 saturated carbocycles. The second-order valence-corrected chi connectivity index (χ2v) is 9.26. The topological polar surface area (TPSA) is 97.8 Å². The molecule has 1 aromatic heterocycles. The number of aryl methyl sites for hydroxylation is 1. The van der Waals surface area contributed by atoms with Crippen molar-refractivity contribution in [1.29, 1.82) is 0 Å². The summed E-state index contributed by atoms with van der Waals surface area (Å²) >= 11 is 0. The van der Waals surface area contributed by atoms with Crippen LogP contribution in [0, 0.1) is 18.6 Å². The predicted octanol–water partition coefficient (Wildman–Crippen LogP) is 5.70. The Balaban J connectivity index is 1.58. The number of hydrogen-bond donors (Lipinski definition) is 2. The quantitative estimate of drug-likeness (QED) is 0.288. The van der Waals surface area contributed by atoms with Crippen LogP contribution in [-0.4, -0.2) is 41.2 Å². The smallest absolute Gasteiger partial charge is 0.419 e. The number of amides is 1. The molecule has 0 radical (unpaired) electrons. The molecule has 2 heterocycles. The number of fused-ring (bicyclic) bond motifs is 2. The first kappa shape index (κ1) is 27.8. The van der Waals surface area contributed by atoms with Gasteiger partial charge < -0.3 is 19.9 Å². The molecule has 0 bridgehead atoms. The Morgan fingerprint density at radius 3 is 2.22 bits per heavy atom. The molecule has 5 rings (SSSR count). The van der Waals surface area contributed by atoms with E-state index in [-0.39, 0.29) is 46.9 Å². The minimum atomic E-state index is -4.78. The van der Waals surface area contributed by atoms with Crippen LogP contribution < -0.4 is 14.8 Å². The largest absolute Gasteiger partial charge is 0.486 e. The molecular formula is C29H21F5N2O5. The van der Waals surface area contributed by atoms with Crippen molar-refractivity contribution in [3.05, 3.63) is 88.6 Å². The van der Waals surface area contributed by atoms with E-state index in [1.54, 1.807) is 19.1 Å². The molecule has 0 aliphatic carbocycles. The first-order valence-electron chi connectivity index (χ1n) is 12.3. The summed E-state index contributed by atoms with van der Waals surface area (Å²) in [6.07, 6.45) is -5.21. The van der Waals surface area contributed by atoms with Crippen molar-refractivity contribution in [1.82, 2.24) is 10.3 Å². The van der Waals surface area contributed by atoms with Crippen LogP contribution in [0.5, 0.6) is 11.5 Å². The second kappa shape index (κ2) is 10.7. The predicted molar refractivity (Wildman–Crippen MR) is 137 cm³/mol. The average Bonchev–Trinajstić information content (AvgIpc) is 2.92. The monoisotopic (exact) mass is 572 g/mol. The van der Waals surface area contributed by atoms with E-state index in [9.17, 15) is 36.6 Å². The molecule has 1 aliphatic rings. The van der Waals surface area contributed by atoms with E-state index < -0.39 is 53.3 Å². The van der Waals surface area contributed by atoms with E-state index >= 15 is 0 Å². The fraction of sp³-hybridized carbons (Fsp3) is 0.207. The number of rotatable bonds is 6. The van der Waals surface area contributed by atoms with E-state index in [0.29, 0.717) is 11.1 Å². The fourth-order valence-corrected chi connectivity index (χ4v) is 4.81. The van der Waals surface area contributed by atoms with E-state index in [0.717, 1.165) is 18.2 Å². The lowest BCUT2D eigenvalue weighted by Crippen LogP contribution is -2.43. The van der Waals surface area contributed by atoms with Gasteiger partial charge in [-0.25, -0.2) is 13.6 Å². The molecule has 0 saturated heterocycles. The number of carboxylic acids is 1. The molecule has 212 valence electrons. The number of benzene rings is 3. The van der Waals surface area contributed by atoms with Gasteiger partial charge in [0.1, 0.15) is 36.5 Å². The summed E-state index contributed by atoms with van der Waals surface area (Å²) in [5.41, 5.74) is -1.80. The van der Waals surface area contributed by atoms with Gasteiger partial charge in [-0.2, -0.15) is 13.2 Å². The first-order chi connectivity index (χ1) is 19.5. The Labute approximate surface area is 229 Å². The molecule has 3 aromatic carbocycles. The van der Waals surface area contributed by atoms with Crippen LogP contribution in [0.3, 0.4) is 0 Å². The van der Waals surface area contributed by atoms with Crippen molar-refractivity contribution in [2.45, 2.75) is 25.6 Å². The summed E-state index contributed by atoms with van der Waals surface area (Å²) in [6, 6.07) is 9.75. The minimum absolute atomic E-state index is 0.00300. The fourth-order valence-electron chi connectivity index (χ4n) is 4.81.